The first-order chi connectivity index (χ1) is 12.1. The summed E-state index contributed by atoms with van der Waals surface area (Å²) in [5.74, 6) is 0.0356. The number of anilines is 1. The molecule has 1 aliphatic rings. The van der Waals surface area contributed by atoms with Crippen LogP contribution in [0.25, 0.3) is 10.8 Å². The Labute approximate surface area is 148 Å². The Morgan fingerprint density at radius 3 is 2.64 bits per heavy atom. The molecule has 0 saturated heterocycles. The summed E-state index contributed by atoms with van der Waals surface area (Å²) in [4.78, 5) is 12.2. The molecule has 5 N–H and O–H groups in total. The Morgan fingerprint density at radius 1 is 1.12 bits per heavy atom. The zero-order valence-corrected chi connectivity index (χ0v) is 14.4. The molecule has 0 aromatic heterocycles. The SMILES string of the molecule is N[C@H](CC1CCCCC1)[C@H](O)C(=O)NNc1cccc2ccccc12. The second-order valence-corrected chi connectivity index (χ2v) is 6.99. The molecule has 1 saturated carbocycles. The molecule has 5 nitrogen and oxygen atoms in total. The number of hydrogen-bond donors (Lipinski definition) is 4. The smallest absolute Gasteiger partial charge is 0.268 e. The molecule has 3 rings (SSSR count). The van der Waals surface area contributed by atoms with Crippen molar-refractivity contribution in [1.29, 1.82) is 0 Å². The van der Waals surface area contributed by atoms with E-state index in [2.05, 4.69) is 10.9 Å². The first kappa shape index (κ1) is 17.7. The molecule has 25 heavy (non-hydrogen) atoms. The monoisotopic (exact) mass is 341 g/mol. The van der Waals surface area contributed by atoms with E-state index in [0.29, 0.717) is 12.3 Å². The Hall–Kier alpha value is -2.11. The molecule has 2 aromatic carbocycles. The highest BCUT2D eigenvalue weighted by molar-refractivity contribution is 5.94. The molecule has 2 aromatic rings. The summed E-state index contributed by atoms with van der Waals surface area (Å²) in [5, 5.41) is 12.3. The Bertz CT molecular complexity index is 708. The number of carbonyl (C=O) groups excluding carboxylic acids is 1. The summed E-state index contributed by atoms with van der Waals surface area (Å²) in [7, 11) is 0. The summed E-state index contributed by atoms with van der Waals surface area (Å²) < 4.78 is 0. The van der Waals surface area contributed by atoms with E-state index in [1.54, 1.807) is 0 Å². The van der Waals surface area contributed by atoms with Gasteiger partial charge in [-0.1, -0.05) is 68.5 Å². The van der Waals surface area contributed by atoms with Crippen LogP contribution in [0.15, 0.2) is 42.5 Å². The standard InChI is InChI=1S/C20H27N3O2/c21-17(13-14-7-2-1-3-8-14)19(24)20(25)23-22-18-12-6-10-15-9-4-5-11-16(15)18/h4-6,9-12,14,17,19,22,24H,1-3,7-8,13,21H2,(H,23,25)/t17-,19+/m1/s1. The Balaban J connectivity index is 1.55. The number of aliphatic hydroxyl groups is 1. The fourth-order valence-electron chi connectivity index (χ4n) is 3.67. The van der Waals surface area contributed by atoms with Crippen LogP contribution < -0.4 is 16.6 Å². The van der Waals surface area contributed by atoms with E-state index in [0.717, 1.165) is 29.3 Å². The number of aliphatic hydroxyl groups excluding tert-OH is 1. The van der Waals surface area contributed by atoms with Crippen LogP contribution in [0, 0.1) is 5.92 Å². The van der Waals surface area contributed by atoms with Crippen LogP contribution in [0.4, 0.5) is 5.69 Å². The van der Waals surface area contributed by atoms with Gasteiger partial charge in [0.2, 0.25) is 0 Å². The number of nitrogens with one attached hydrogen (secondary N) is 2. The van der Waals surface area contributed by atoms with Gasteiger partial charge < -0.3 is 10.8 Å². The van der Waals surface area contributed by atoms with Crippen molar-refractivity contribution >= 4 is 22.4 Å². The molecular formula is C20H27N3O2. The van der Waals surface area contributed by atoms with Crippen LogP contribution in [-0.4, -0.2) is 23.2 Å². The van der Waals surface area contributed by atoms with Gasteiger partial charge in [0, 0.05) is 11.4 Å². The zero-order valence-electron chi connectivity index (χ0n) is 14.4. The number of hydrogen-bond acceptors (Lipinski definition) is 4. The summed E-state index contributed by atoms with van der Waals surface area (Å²) >= 11 is 0. The first-order valence-corrected chi connectivity index (χ1v) is 9.12. The number of carbonyl (C=O) groups is 1. The Kier molecular flexibility index (Phi) is 5.89. The van der Waals surface area contributed by atoms with Crippen molar-refractivity contribution in [3.8, 4) is 0 Å². The third-order valence-corrected chi connectivity index (χ3v) is 5.11. The van der Waals surface area contributed by atoms with E-state index in [1.807, 2.05) is 42.5 Å². The quantitative estimate of drug-likeness (QED) is 0.608. The number of nitrogens with two attached hydrogens (primary N) is 1. The lowest BCUT2D eigenvalue weighted by molar-refractivity contribution is -0.130. The van der Waals surface area contributed by atoms with Crippen molar-refractivity contribution in [3.05, 3.63) is 42.5 Å². The minimum absolute atomic E-state index is 0.490. The molecule has 0 unspecified atom stereocenters. The van der Waals surface area contributed by atoms with Gasteiger partial charge in [0.1, 0.15) is 6.10 Å². The van der Waals surface area contributed by atoms with Crippen molar-refractivity contribution in [1.82, 2.24) is 5.43 Å². The largest absolute Gasteiger partial charge is 0.382 e. The van der Waals surface area contributed by atoms with Crippen LogP contribution in [0.5, 0.6) is 0 Å². The molecule has 5 heteroatoms. The van der Waals surface area contributed by atoms with Crippen LogP contribution in [0.3, 0.4) is 0 Å². The number of rotatable bonds is 6. The predicted molar refractivity (Wildman–Crippen MR) is 101 cm³/mol. The van der Waals surface area contributed by atoms with Gasteiger partial charge in [0.25, 0.3) is 5.91 Å². The molecule has 0 radical (unpaired) electrons. The molecule has 0 aliphatic heterocycles. The summed E-state index contributed by atoms with van der Waals surface area (Å²) in [5.41, 5.74) is 12.4. The Morgan fingerprint density at radius 2 is 1.84 bits per heavy atom. The minimum Gasteiger partial charge on any atom is -0.382 e. The lowest BCUT2D eigenvalue weighted by atomic mass is 9.84. The van der Waals surface area contributed by atoms with Gasteiger partial charge in [-0.2, -0.15) is 0 Å². The highest BCUT2D eigenvalue weighted by Gasteiger charge is 2.26. The van der Waals surface area contributed by atoms with Crippen LogP contribution >= 0.6 is 0 Å². The van der Waals surface area contributed by atoms with E-state index < -0.39 is 18.1 Å². The summed E-state index contributed by atoms with van der Waals surface area (Å²) in [6.45, 7) is 0. The molecule has 0 heterocycles. The fraction of sp³-hybridized carbons (Fsp3) is 0.450. The van der Waals surface area contributed by atoms with Crippen LogP contribution in [-0.2, 0) is 4.79 Å². The van der Waals surface area contributed by atoms with Crippen molar-refractivity contribution < 1.29 is 9.90 Å². The van der Waals surface area contributed by atoms with Crippen LogP contribution in [0.2, 0.25) is 0 Å². The van der Waals surface area contributed by atoms with Gasteiger partial charge in [-0.3, -0.25) is 15.6 Å². The maximum Gasteiger partial charge on any atom is 0.268 e. The van der Waals surface area contributed by atoms with E-state index in [-0.39, 0.29) is 0 Å². The molecule has 1 fully saturated rings. The van der Waals surface area contributed by atoms with Crippen molar-refractivity contribution in [2.24, 2.45) is 11.7 Å². The van der Waals surface area contributed by atoms with Gasteiger partial charge in [-0.25, -0.2) is 0 Å². The van der Waals surface area contributed by atoms with Gasteiger partial charge in [-0.15, -0.1) is 0 Å². The average molecular weight is 341 g/mol. The predicted octanol–water partition coefficient (Wildman–Crippen LogP) is 2.94. The van der Waals surface area contributed by atoms with Gasteiger partial charge in [0.15, 0.2) is 0 Å². The molecular weight excluding hydrogens is 314 g/mol. The zero-order chi connectivity index (χ0) is 17.6. The fourth-order valence-corrected chi connectivity index (χ4v) is 3.67. The van der Waals surface area contributed by atoms with Gasteiger partial charge in [-0.05, 0) is 23.8 Å². The van der Waals surface area contributed by atoms with E-state index in [4.69, 9.17) is 5.73 Å². The molecule has 1 aliphatic carbocycles. The summed E-state index contributed by atoms with van der Waals surface area (Å²) in [6.07, 6.45) is 5.52. The maximum atomic E-state index is 12.2. The first-order valence-electron chi connectivity index (χ1n) is 9.12. The number of hydrazine groups is 1. The lowest BCUT2D eigenvalue weighted by Crippen LogP contribution is -2.48. The lowest BCUT2D eigenvalue weighted by Gasteiger charge is -2.26. The highest BCUT2D eigenvalue weighted by atomic mass is 16.3. The third kappa shape index (κ3) is 4.50. The summed E-state index contributed by atoms with van der Waals surface area (Å²) in [6, 6.07) is 13.2. The number of benzene rings is 2. The van der Waals surface area contributed by atoms with E-state index in [9.17, 15) is 9.90 Å². The minimum atomic E-state index is -1.20. The topological polar surface area (TPSA) is 87.4 Å². The molecule has 0 bridgehead atoms. The molecule has 1 amide bonds. The number of fused-ring (bicyclic) bond motifs is 1. The van der Waals surface area contributed by atoms with Crippen molar-refractivity contribution in [2.75, 3.05) is 5.43 Å². The average Bonchev–Trinajstić information content (AvgIpc) is 2.66. The molecule has 0 spiro atoms. The second kappa shape index (κ2) is 8.32. The molecule has 134 valence electrons. The second-order valence-electron chi connectivity index (χ2n) is 6.99. The third-order valence-electron chi connectivity index (χ3n) is 5.11. The van der Waals surface area contributed by atoms with Gasteiger partial charge in [0.05, 0.1) is 5.69 Å². The van der Waals surface area contributed by atoms with Gasteiger partial charge >= 0.3 is 0 Å². The van der Waals surface area contributed by atoms with Crippen LogP contribution in [0.1, 0.15) is 38.5 Å². The maximum absolute atomic E-state index is 12.2. The van der Waals surface area contributed by atoms with Crippen molar-refractivity contribution in [2.45, 2.75) is 50.7 Å². The van der Waals surface area contributed by atoms with E-state index in [1.165, 1.54) is 19.3 Å². The van der Waals surface area contributed by atoms with Crippen molar-refractivity contribution in [3.63, 3.8) is 0 Å². The van der Waals surface area contributed by atoms with E-state index >= 15 is 0 Å². The molecule has 2 atom stereocenters. The normalized spacial score (nSPS) is 17.8. The number of amides is 1. The highest BCUT2D eigenvalue weighted by Crippen LogP contribution is 2.27.